The zero-order chi connectivity index (χ0) is 31.0. The van der Waals surface area contributed by atoms with Crippen LogP contribution in [0.25, 0.3) is 0 Å². The van der Waals surface area contributed by atoms with Crippen LogP contribution in [0, 0.1) is 5.92 Å². The summed E-state index contributed by atoms with van der Waals surface area (Å²) in [5.74, 6) is -0.361. The van der Waals surface area contributed by atoms with Crippen molar-refractivity contribution in [1.29, 1.82) is 0 Å². The highest BCUT2D eigenvalue weighted by atomic mass is 16.8. The van der Waals surface area contributed by atoms with Crippen LogP contribution < -0.4 is 0 Å². The van der Waals surface area contributed by atoms with Crippen LogP contribution in [-0.4, -0.2) is 181 Å². The molecule has 42 heavy (non-hydrogen) atoms. The number of hydrogen-bond donors (Lipinski definition) is 10. The van der Waals surface area contributed by atoms with E-state index in [4.69, 9.17) is 33.2 Å². The maximum atomic E-state index is 11.1. The number of ether oxygens (including phenoxy) is 7. The molecule has 19 atom stereocenters. The van der Waals surface area contributed by atoms with Crippen molar-refractivity contribution in [3.8, 4) is 0 Å². The van der Waals surface area contributed by atoms with Crippen LogP contribution in [0.4, 0.5) is 0 Å². The third kappa shape index (κ3) is 6.77. The first-order chi connectivity index (χ1) is 19.8. The largest absolute Gasteiger partial charge is 0.394 e. The molecule has 0 spiro atoms. The van der Waals surface area contributed by atoms with Gasteiger partial charge >= 0.3 is 0 Å². The Labute approximate surface area is 241 Å². The summed E-state index contributed by atoms with van der Waals surface area (Å²) in [6, 6.07) is 0. The molecule has 0 aromatic carbocycles. The molecule has 0 aliphatic carbocycles. The lowest BCUT2D eigenvalue weighted by molar-refractivity contribution is -0.365. The third-order valence-electron chi connectivity index (χ3n) is 8.51. The second-order valence-electron chi connectivity index (χ2n) is 11.4. The molecule has 0 bridgehead atoms. The molecule has 0 aromatic rings. The fourth-order valence-electron chi connectivity index (χ4n) is 5.51. The Bertz CT molecular complexity index is 854. The van der Waals surface area contributed by atoms with Crippen molar-refractivity contribution in [3.63, 3.8) is 0 Å². The van der Waals surface area contributed by atoms with Crippen LogP contribution in [-0.2, 0) is 33.2 Å². The SMILES string of the molecule is CC1O[C@H](OCC2O[C@@H](C)C(O)[C@@H](O[C@@H]3OC(CO)[C@H](O)[C@H](O)C3O[C@@H]3O[C@H](CO)C(O)[C@@H]3O)[C@H]2O)[C@@H](O)C(O)[C@@H]1C. The van der Waals surface area contributed by atoms with E-state index in [1.165, 1.54) is 6.92 Å². The van der Waals surface area contributed by atoms with Gasteiger partial charge < -0.3 is 84.2 Å². The van der Waals surface area contributed by atoms with E-state index in [0.717, 1.165) is 0 Å². The highest BCUT2D eigenvalue weighted by molar-refractivity contribution is 4.97. The van der Waals surface area contributed by atoms with Gasteiger partial charge in [-0.2, -0.15) is 0 Å². The molecular formula is C25H44O17. The first-order valence-electron chi connectivity index (χ1n) is 14.0. The lowest BCUT2D eigenvalue weighted by Gasteiger charge is -2.47. The normalized spacial score (nSPS) is 53.8. The average molecular weight is 617 g/mol. The molecule has 4 saturated heterocycles. The monoisotopic (exact) mass is 616 g/mol. The second kappa shape index (κ2) is 14.2. The van der Waals surface area contributed by atoms with Gasteiger partial charge in [-0.25, -0.2) is 0 Å². The van der Waals surface area contributed by atoms with Crippen LogP contribution >= 0.6 is 0 Å². The number of hydrogen-bond acceptors (Lipinski definition) is 17. The lowest BCUT2D eigenvalue weighted by atomic mass is 9.91. The highest BCUT2D eigenvalue weighted by Crippen LogP contribution is 2.34. The summed E-state index contributed by atoms with van der Waals surface area (Å²) in [4.78, 5) is 0. The predicted molar refractivity (Wildman–Crippen MR) is 133 cm³/mol. The standard InChI is InChI=1S/C25H44O17/c1-7-8(2)38-23(19(34)13(7)28)36-6-12-17(32)21(14(29)9(3)37-12)41-25-22(18(33)15(30)10(4-26)40-25)42-24-20(35)16(31)11(5-27)39-24/h7-35H,4-6H2,1-3H3/t7-,8?,9+,10?,11-,12?,13?,14?,15+,16?,17+,18+,19+,20+,21-,22?,23+,24+,25+/m1/s1. The van der Waals surface area contributed by atoms with Gasteiger partial charge in [0.2, 0.25) is 0 Å². The lowest BCUT2D eigenvalue weighted by Crippen LogP contribution is -2.65. The van der Waals surface area contributed by atoms with Gasteiger partial charge in [-0.15, -0.1) is 0 Å². The summed E-state index contributed by atoms with van der Waals surface area (Å²) in [6.45, 7) is 3.14. The van der Waals surface area contributed by atoms with Crippen LogP contribution in [0.1, 0.15) is 20.8 Å². The van der Waals surface area contributed by atoms with Crippen LogP contribution in [0.5, 0.6) is 0 Å². The zero-order valence-corrected chi connectivity index (χ0v) is 23.4. The van der Waals surface area contributed by atoms with Crippen molar-refractivity contribution in [1.82, 2.24) is 0 Å². The van der Waals surface area contributed by atoms with Crippen LogP contribution in [0.3, 0.4) is 0 Å². The van der Waals surface area contributed by atoms with Gasteiger partial charge in [0.05, 0.1) is 38.1 Å². The second-order valence-corrected chi connectivity index (χ2v) is 11.4. The molecule has 4 aliphatic heterocycles. The summed E-state index contributed by atoms with van der Waals surface area (Å²) in [7, 11) is 0. The number of rotatable bonds is 9. The first kappa shape index (κ1) is 34.2. The Morgan fingerprint density at radius 1 is 0.476 bits per heavy atom. The van der Waals surface area contributed by atoms with Crippen molar-refractivity contribution in [3.05, 3.63) is 0 Å². The van der Waals surface area contributed by atoms with E-state index in [0.29, 0.717) is 0 Å². The van der Waals surface area contributed by atoms with Crippen LogP contribution in [0.15, 0.2) is 0 Å². The minimum absolute atomic E-state index is 0.359. The van der Waals surface area contributed by atoms with Gasteiger partial charge in [-0.05, 0) is 13.8 Å². The quantitative estimate of drug-likeness (QED) is 0.116. The van der Waals surface area contributed by atoms with Gasteiger partial charge in [-0.1, -0.05) is 6.92 Å². The van der Waals surface area contributed by atoms with Gasteiger partial charge in [-0.3, -0.25) is 0 Å². The summed E-state index contributed by atoms with van der Waals surface area (Å²) in [5, 5.41) is 103. The van der Waals surface area contributed by atoms with Crippen molar-refractivity contribution in [2.75, 3.05) is 19.8 Å². The Hall–Kier alpha value is -0.680. The molecule has 0 aromatic heterocycles. The number of aliphatic hydroxyl groups is 10. The van der Waals surface area contributed by atoms with Crippen molar-refractivity contribution >= 4 is 0 Å². The van der Waals surface area contributed by atoms with Gasteiger partial charge in [0, 0.05) is 5.92 Å². The topological polar surface area (TPSA) is 267 Å². The molecule has 7 unspecified atom stereocenters. The first-order valence-corrected chi connectivity index (χ1v) is 14.0. The highest BCUT2D eigenvalue weighted by Gasteiger charge is 2.54. The molecule has 246 valence electrons. The average Bonchev–Trinajstić information content (AvgIpc) is 3.24. The van der Waals surface area contributed by atoms with Gasteiger partial charge in [0.1, 0.15) is 73.2 Å². The minimum Gasteiger partial charge on any atom is -0.394 e. The van der Waals surface area contributed by atoms with E-state index in [1.807, 2.05) is 0 Å². The molecule has 0 radical (unpaired) electrons. The Morgan fingerprint density at radius 2 is 1.02 bits per heavy atom. The molecule has 10 N–H and O–H groups in total. The van der Waals surface area contributed by atoms with Crippen molar-refractivity contribution in [2.45, 2.75) is 131 Å². The molecule has 4 fully saturated rings. The summed E-state index contributed by atoms with van der Waals surface area (Å²) >= 11 is 0. The fourth-order valence-corrected chi connectivity index (χ4v) is 5.51. The Kier molecular flexibility index (Phi) is 11.5. The van der Waals surface area contributed by atoms with Crippen molar-refractivity contribution in [2.24, 2.45) is 5.92 Å². The van der Waals surface area contributed by atoms with E-state index in [1.54, 1.807) is 13.8 Å². The fraction of sp³-hybridized carbons (Fsp3) is 1.00. The van der Waals surface area contributed by atoms with Gasteiger partial charge in [0.15, 0.2) is 18.9 Å². The van der Waals surface area contributed by atoms with E-state index in [2.05, 4.69) is 0 Å². The molecule has 0 saturated carbocycles. The molecule has 4 aliphatic rings. The smallest absolute Gasteiger partial charge is 0.187 e. The van der Waals surface area contributed by atoms with E-state index < -0.39 is 124 Å². The Balaban J connectivity index is 1.48. The van der Waals surface area contributed by atoms with Crippen molar-refractivity contribution < 1.29 is 84.2 Å². The number of aliphatic hydroxyl groups excluding tert-OH is 10. The zero-order valence-electron chi connectivity index (χ0n) is 23.4. The summed E-state index contributed by atoms with van der Waals surface area (Å²) in [6.07, 6.45) is -25.0. The maximum absolute atomic E-state index is 11.1. The van der Waals surface area contributed by atoms with E-state index in [-0.39, 0.29) is 12.5 Å². The summed E-state index contributed by atoms with van der Waals surface area (Å²) < 4.78 is 39.3. The molecule has 0 amide bonds. The Morgan fingerprint density at radius 3 is 1.64 bits per heavy atom. The third-order valence-corrected chi connectivity index (χ3v) is 8.51. The molecule has 4 heterocycles. The molecule has 17 nitrogen and oxygen atoms in total. The molecule has 17 heteroatoms. The van der Waals surface area contributed by atoms with E-state index in [9.17, 15) is 51.1 Å². The van der Waals surface area contributed by atoms with E-state index >= 15 is 0 Å². The van der Waals surface area contributed by atoms with Crippen LogP contribution in [0.2, 0.25) is 0 Å². The molecule has 4 rings (SSSR count). The maximum Gasteiger partial charge on any atom is 0.187 e. The molecular weight excluding hydrogens is 572 g/mol. The predicted octanol–water partition coefficient (Wildman–Crippen LogP) is -5.74. The summed E-state index contributed by atoms with van der Waals surface area (Å²) in [5.41, 5.74) is 0. The minimum atomic E-state index is -1.80. The van der Waals surface area contributed by atoms with Gasteiger partial charge in [0.25, 0.3) is 0 Å².